The van der Waals surface area contributed by atoms with Crippen LogP contribution in [-0.2, 0) is 9.53 Å². The van der Waals surface area contributed by atoms with E-state index in [2.05, 4.69) is 77.1 Å². The van der Waals surface area contributed by atoms with Crippen LogP contribution in [0.2, 0.25) is 0 Å². The van der Waals surface area contributed by atoms with Crippen molar-refractivity contribution in [3.8, 4) is 0 Å². The van der Waals surface area contributed by atoms with E-state index >= 15 is 0 Å². The van der Waals surface area contributed by atoms with Gasteiger partial charge in [0.05, 0.1) is 12.0 Å². The van der Waals surface area contributed by atoms with E-state index in [0.29, 0.717) is 6.61 Å². The molecule has 0 bridgehead atoms. The predicted octanol–water partition coefficient (Wildman–Crippen LogP) is 6.04. The lowest BCUT2D eigenvalue weighted by molar-refractivity contribution is -0.154. The van der Waals surface area contributed by atoms with Crippen LogP contribution in [0.5, 0.6) is 0 Å². The molecule has 2 aliphatic rings. The molecule has 1 aromatic rings. The fraction of sp³-hybridized carbons (Fsp3) is 0.542. The summed E-state index contributed by atoms with van der Waals surface area (Å²) >= 11 is 0. The van der Waals surface area contributed by atoms with Gasteiger partial charge in [0.25, 0.3) is 0 Å². The monoisotopic (exact) mass is 352 g/mol. The van der Waals surface area contributed by atoms with Gasteiger partial charge in [-0.3, -0.25) is 4.79 Å². The van der Waals surface area contributed by atoms with Gasteiger partial charge in [0.2, 0.25) is 0 Å². The second-order valence-corrected chi connectivity index (χ2v) is 9.86. The third-order valence-electron chi connectivity index (χ3n) is 5.86. The van der Waals surface area contributed by atoms with Crippen molar-refractivity contribution in [2.45, 2.75) is 53.9 Å². The summed E-state index contributed by atoms with van der Waals surface area (Å²) in [5, 5.41) is 0. The van der Waals surface area contributed by atoms with Gasteiger partial charge in [-0.15, -0.1) is 0 Å². The molecule has 0 aliphatic heterocycles. The molecule has 2 aliphatic carbocycles. The Labute approximate surface area is 158 Å². The highest BCUT2D eigenvalue weighted by Gasteiger charge is 2.67. The van der Waals surface area contributed by atoms with Gasteiger partial charge in [0.1, 0.15) is 0 Å². The summed E-state index contributed by atoms with van der Waals surface area (Å²) in [5.41, 5.74) is 2.38. The maximum absolute atomic E-state index is 12.9. The van der Waals surface area contributed by atoms with Crippen molar-refractivity contribution in [2.75, 3.05) is 6.61 Å². The standard InChI is InChI=1S/C24H32O2/c1-22(2,3)16-24(17-23(24,4)5)21(25)26-15-18-11-13-20(14-12-18)19-9-7-6-8-10-19/h6-11,13-14,18H,12,15-17H2,1-5H3. The maximum Gasteiger partial charge on any atom is 0.312 e. The number of carbonyl (C=O) groups excluding carboxylic acids is 1. The first-order valence-corrected chi connectivity index (χ1v) is 9.74. The Kier molecular flexibility index (Phi) is 4.90. The van der Waals surface area contributed by atoms with Gasteiger partial charge in [-0.25, -0.2) is 0 Å². The average molecular weight is 353 g/mol. The zero-order chi connectivity index (χ0) is 19.0. The van der Waals surface area contributed by atoms with Crippen LogP contribution >= 0.6 is 0 Å². The number of ether oxygens (including phenoxy) is 1. The number of allylic oxidation sites excluding steroid dienone is 3. The molecular formula is C24H32O2. The summed E-state index contributed by atoms with van der Waals surface area (Å²) < 4.78 is 5.81. The van der Waals surface area contributed by atoms with Crippen molar-refractivity contribution in [3.05, 3.63) is 54.1 Å². The molecule has 2 atom stereocenters. The van der Waals surface area contributed by atoms with Crippen molar-refractivity contribution in [3.63, 3.8) is 0 Å². The fourth-order valence-electron chi connectivity index (χ4n) is 4.29. The molecule has 0 N–H and O–H groups in total. The summed E-state index contributed by atoms with van der Waals surface area (Å²) in [6, 6.07) is 10.4. The highest BCUT2D eigenvalue weighted by atomic mass is 16.5. The van der Waals surface area contributed by atoms with Crippen LogP contribution in [0.15, 0.2) is 48.6 Å². The van der Waals surface area contributed by atoms with Crippen LogP contribution in [0.25, 0.3) is 5.57 Å². The molecule has 2 unspecified atom stereocenters. The topological polar surface area (TPSA) is 26.3 Å². The Morgan fingerprint density at radius 2 is 1.85 bits per heavy atom. The fourth-order valence-corrected chi connectivity index (χ4v) is 4.29. The third kappa shape index (κ3) is 3.95. The third-order valence-corrected chi connectivity index (χ3v) is 5.86. The SMILES string of the molecule is CC(C)(C)CC1(C(=O)OCC2C=CC(c3ccccc3)=CC2)CC1(C)C. The Morgan fingerprint density at radius 1 is 1.19 bits per heavy atom. The van der Waals surface area contributed by atoms with Crippen molar-refractivity contribution in [2.24, 2.45) is 22.2 Å². The molecule has 1 fully saturated rings. The predicted molar refractivity (Wildman–Crippen MR) is 108 cm³/mol. The molecule has 2 nitrogen and oxygen atoms in total. The molecule has 0 spiro atoms. The molecule has 1 saturated carbocycles. The van der Waals surface area contributed by atoms with Crippen molar-refractivity contribution < 1.29 is 9.53 Å². The van der Waals surface area contributed by atoms with Crippen molar-refractivity contribution in [1.29, 1.82) is 0 Å². The lowest BCUT2D eigenvalue weighted by Gasteiger charge is -2.28. The minimum atomic E-state index is -0.297. The molecule has 0 radical (unpaired) electrons. The highest BCUT2D eigenvalue weighted by Crippen LogP contribution is 2.68. The second-order valence-electron chi connectivity index (χ2n) is 9.86. The largest absolute Gasteiger partial charge is 0.465 e. The van der Waals surface area contributed by atoms with E-state index < -0.39 is 0 Å². The Balaban J connectivity index is 1.56. The number of benzene rings is 1. The number of rotatable bonds is 5. The van der Waals surface area contributed by atoms with E-state index in [1.165, 1.54) is 11.1 Å². The van der Waals surface area contributed by atoms with E-state index in [1.54, 1.807) is 0 Å². The van der Waals surface area contributed by atoms with Gasteiger partial charge in [-0.2, -0.15) is 0 Å². The minimum Gasteiger partial charge on any atom is -0.465 e. The zero-order valence-corrected chi connectivity index (χ0v) is 16.8. The van der Waals surface area contributed by atoms with Crippen molar-refractivity contribution in [1.82, 2.24) is 0 Å². The first kappa shape index (κ1) is 18.9. The molecule has 0 saturated heterocycles. The molecule has 2 heteroatoms. The first-order chi connectivity index (χ1) is 12.1. The minimum absolute atomic E-state index is 0.00339. The van der Waals surface area contributed by atoms with Gasteiger partial charge in [0.15, 0.2) is 0 Å². The highest BCUT2D eigenvalue weighted by molar-refractivity contribution is 5.82. The van der Waals surface area contributed by atoms with Crippen LogP contribution < -0.4 is 0 Å². The first-order valence-electron chi connectivity index (χ1n) is 9.74. The normalized spacial score (nSPS) is 27.0. The van der Waals surface area contributed by atoms with Crippen LogP contribution in [0, 0.1) is 22.2 Å². The van der Waals surface area contributed by atoms with Gasteiger partial charge in [-0.05, 0) is 41.2 Å². The van der Waals surface area contributed by atoms with Gasteiger partial charge in [-0.1, -0.05) is 83.2 Å². The Morgan fingerprint density at radius 3 is 2.35 bits per heavy atom. The number of carbonyl (C=O) groups is 1. The molecule has 1 aromatic carbocycles. The molecule has 26 heavy (non-hydrogen) atoms. The number of hydrogen-bond acceptors (Lipinski definition) is 2. The number of hydrogen-bond donors (Lipinski definition) is 0. The van der Waals surface area contributed by atoms with Gasteiger partial charge < -0.3 is 4.74 Å². The molecule has 0 aromatic heterocycles. The molecule has 0 amide bonds. The maximum atomic E-state index is 12.9. The lowest BCUT2D eigenvalue weighted by atomic mass is 9.79. The Bertz CT molecular complexity index is 718. The van der Waals surface area contributed by atoms with E-state index in [-0.39, 0.29) is 28.1 Å². The van der Waals surface area contributed by atoms with Crippen LogP contribution in [-0.4, -0.2) is 12.6 Å². The van der Waals surface area contributed by atoms with E-state index in [9.17, 15) is 4.79 Å². The lowest BCUT2D eigenvalue weighted by Crippen LogP contribution is -2.30. The summed E-state index contributed by atoms with van der Waals surface area (Å²) in [4.78, 5) is 12.9. The smallest absolute Gasteiger partial charge is 0.312 e. The van der Waals surface area contributed by atoms with Crippen LogP contribution in [0.4, 0.5) is 0 Å². The summed E-state index contributed by atoms with van der Waals surface area (Å²) in [7, 11) is 0. The molecular weight excluding hydrogens is 320 g/mol. The number of esters is 1. The second kappa shape index (κ2) is 6.72. The quantitative estimate of drug-likeness (QED) is 0.604. The van der Waals surface area contributed by atoms with Crippen LogP contribution in [0.3, 0.4) is 0 Å². The van der Waals surface area contributed by atoms with E-state index in [0.717, 1.165) is 19.3 Å². The van der Waals surface area contributed by atoms with Gasteiger partial charge >= 0.3 is 5.97 Å². The summed E-state index contributed by atoms with van der Waals surface area (Å²) in [6.07, 6.45) is 9.34. The van der Waals surface area contributed by atoms with Crippen LogP contribution in [0.1, 0.15) is 59.4 Å². The Hall–Kier alpha value is -1.83. The molecule has 140 valence electrons. The van der Waals surface area contributed by atoms with E-state index in [4.69, 9.17) is 4.74 Å². The average Bonchev–Trinajstić information content (AvgIpc) is 3.13. The zero-order valence-electron chi connectivity index (χ0n) is 16.8. The summed E-state index contributed by atoms with van der Waals surface area (Å²) in [6.45, 7) is 11.5. The summed E-state index contributed by atoms with van der Waals surface area (Å²) in [5.74, 6) is 0.281. The van der Waals surface area contributed by atoms with Crippen molar-refractivity contribution >= 4 is 11.5 Å². The molecule has 3 rings (SSSR count). The van der Waals surface area contributed by atoms with E-state index in [1.807, 2.05) is 6.07 Å². The van der Waals surface area contributed by atoms with Gasteiger partial charge in [0, 0.05) is 5.92 Å². The molecule has 0 heterocycles.